The van der Waals surface area contributed by atoms with E-state index in [4.69, 9.17) is 9.88 Å². The zero-order valence-corrected chi connectivity index (χ0v) is 19.9. The molecular formula is C22H28F2N2O5S2. The molecular weight excluding hydrogens is 474 g/mol. The van der Waals surface area contributed by atoms with Gasteiger partial charge in [-0.15, -0.1) is 0 Å². The lowest BCUT2D eigenvalue weighted by Crippen LogP contribution is -2.27. The number of benzene rings is 2. The van der Waals surface area contributed by atoms with Crippen LogP contribution in [0.4, 0.5) is 14.5 Å². The van der Waals surface area contributed by atoms with Gasteiger partial charge in [0.25, 0.3) is 0 Å². The number of aryl methyl sites for hydroxylation is 2. The summed E-state index contributed by atoms with van der Waals surface area (Å²) in [6.45, 7) is 2.17. The predicted molar refractivity (Wildman–Crippen MR) is 123 cm³/mol. The molecule has 3 N–H and O–H groups in total. The largest absolute Gasteiger partial charge is 0.493 e. The van der Waals surface area contributed by atoms with Crippen LogP contribution in [0.2, 0.25) is 0 Å². The molecule has 0 unspecified atom stereocenters. The molecule has 0 bridgehead atoms. The van der Waals surface area contributed by atoms with E-state index in [-0.39, 0.29) is 41.5 Å². The third-order valence-electron chi connectivity index (χ3n) is 5.63. The van der Waals surface area contributed by atoms with Crippen molar-refractivity contribution in [3.05, 3.63) is 53.6 Å². The molecule has 182 valence electrons. The van der Waals surface area contributed by atoms with Gasteiger partial charge in [0.05, 0.1) is 18.0 Å². The molecule has 0 saturated heterocycles. The number of alkyl halides is 2. The van der Waals surface area contributed by atoms with Gasteiger partial charge in [0.2, 0.25) is 26.0 Å². The number of ether oxygens (including phenoxy) is 1. The standard InChI is InChI=1S/C22H28F2N2O5S2/c1-16-6-7-18(20(14-16)31-15-17-8-11-22(23,24)12-9-17)10-13-32(27,28)26-19-4-2-3-5-21(19)33(25,29)30/h2-7,14,17,26H,8-13,15H2,1H3,(H2,25,29,30). The van der Waals surface area contributed by atoms with Gasteiger partial charge in [0.15, 0.2) is 0 Å². The summed E-state index contributed by atoms with van der Waals surface area (Å²) in [5.41, 5.74) is 1.47. The third kappa shape index (κ3) is 7.38. The van der Waals surface area contributed by atoms with Crippen molar-refractivity contribution in [3.8, 4) is 5.75 Å². The van der Waals surface area contributed by atoms with Crippen LogP contribution in [0.25, 0.3) is 0 Å². The van der Waals surface area contributed by atoms with Crippen molar-refractivity contribution in [2.24, 2.45) is 11.1 Å². The van der Waals surface area contributed by atoms with Gasteiger partial charge < -0.3 is 4.74 Å². The predicted octanol–water partition coefficient (Wildman–Crippen LogP) is 3.83. The van der Waals surface area contributed by atoms with E-state index in [0.717, 1.165) is 5.56 Å². The Labute approximate surface area is 193 Å². The summed E-state index contributed by atoms with van der Waals surface area (Å²) < 4.78 is 83.7. The molecule has 2 aromatic carbocycles. The van der Waals surface area contributed by atoms with Gasteiger partial charge in [-0.25, -0.2) is 30.8 Å². The number of nitrogens with one attached hydrogen (secondary N) is 1. The highest BCUT2D eigenvalue weighted by Gasteiger charge is 2.35. The Hall–Kier alpha value is -2.24. The van der Waals surface area contributed by atoms with E-state index in [2.05, 4.69) is 4.72 Å². The van der Waals surface area contributed by atoms with E-state index in [9.17, 15) is 25.6 Å². The van der Waals surface area contributed by atoms with Crippen molar-refractivity contribution in [1.29, 1.82) is 0 Å². The highest BCUT2D eigenvalue weighted by molar-refractivity contribution is 7.93. The molecule has 0 spiro atoms. The summed E-state index contributed by atoms with van der Waals surface area (Å²) in [5.74, 6) is -2.37. The van der Waals surface area contributed by atoms with Crippen molar-refractivity contribution < 1.29 is 30.4 Å². The van der Waals surface area contributed by atoms with Gasteiger partial charge in [0, 0.05) is 12.8 Å². The number of nitrogens with two attached hydrogens (primary N) is 1. The van der Waals surface area contributed by atoms with E-state index in [1.807, 2.05) is 13.0 Å². The molecule has 2 aromatic rings. The van der Waals surface area contributed by atoms with Gasteiger partial charge in [-0.1, -0.05) is 24.3 Å². The minimum atomic E-state index is -4.10. The Morgan fingerprint density at radius 3 is 2.42 bits per heavy atom. The Bertz CT molecular complexity index is 1190. The summed E-state index contributed by atoms with van der Waals surface area (Å²) in [5, 5.41) is 5.16. The molecule has 0 aliphatic heterocycles. The van der Waals surface area contributed by atoms with Crippen LogP contribution in [0.15, 0.2) is 47.4 Å². The zero-order chi connectivity index (χ0) is 24.3. The molecule has 33 heavy (non-hydrogen) atoms. The van der Waals surface area contributed by atoms with Gasteiger partial charge in [-0.2, -0.15) is 0 Å². The first-order valence-electron chi connectivity index (χ1n) is 10.6. The second-order valence-corrected chi connectivity index (χ2v) is 11.8. The summed E-state index contributed by atoms with van der Waals surface area (Å²) in [4.78, 5) is -0.314. The average molecular weight is 503 g/mol. The van der Waals surface area contributed by atoms with Crippen LogP contribution in [0.3, 0.4) is 0 Å². The molecule has 1 aliphatic rings. The molecule has 0 heterocycles. The van der Waals surface area contributed by atoms with Crippen molar-refractivity contribution in [1.82, 2.24) is 0 Å². The number of halogens is 2. The van der Waals surface area contributed by atoms with Crippen LogP contribution in [0.1, 0.15) is 36.8 Å². The van der Waals surface area contributed by atoms with Crippen molar-refractivity contribution in [3.63, 3.8) is 0 Å². The summed E-state index contributed by atoms with van der Waals surface area (Å²) in [6.07, 6.45) is 0.592. The van der Waals surface area contributed by atoms with Crippen molar-refractivity contribution in [2.75, 3.05) is 17.1 Å². The van der Waals surface area contributed by atoms with Gasteiger partial charge in [0.1, 0.15) is 10.6 Å². The van der Waals surface area contributed by atoms with Crippen LogP contribution in [-0.2, 0) is 26.5 Å². The highest BCUT2D eigenvalue weighted by Crippen LogP contribution is 2.36. The molecule has 3 rings (SSSR count). The lowest BCUT2D eigenvalue weighted by molar-refractivity contribution is -0.0498. The summed E-state index contributed by atoms with van der Waals surface area (Å²) >= 11 is 0. The van der Waals surface area contributed by atoms with E-state index >= 15 is 0 Å². The van der Waals surface area contributed by atoms with Crippen LogP contribution in [-0.4, -0.2) is 35.1 Å². The maximum absolute atomic E-state index is 13.4. The first kappa shape index (κ1) is 25.4. The number of hydrogen-bond donors (Lipinski definition) is 2. The fourth-order valence-corrected chi connectivity index (χ4v) is 5.60. The first-order chi connectivity index (χ1) is 15.3. The molecule has 1 aliphatic carbocycles. The Morgan fingerprint density at radius 1 is 1.09 bits per heavy atom. The van der Waals surface area contributed by atoms with E-state index in [1.165, 1.54) is 24.3 Å². The fraction of sp³-hybridized carbons (Fsp3) is 0.455. The monoisotopic (exact) mass is 502 g/mol. The summed E-state index contributed by atoms with van der Waals surface area (Å²) in [7, 11) is -8.00. The third-order valence-corrected chi connectivity index (χ3v) is 7.87. The molecule has 0 radical (unpaired) electrons. The van der Waals surface area contributed by atoms with Gasteiger partial charge in [-0.3, -0.25) is 4.72 Å². The minimum absolute atomic E-state index is 0.0260. The minimum Gasteiger partial charge on any atom is -0.493 e. The number of rotatable bonds is 9. The SMILES string of the molecule is Cc1ccc(CCS(=O)(=O)Nc2ccccc2S(N)(=O)=O)c(OCC2CCC(F)(F)CC2)c1. The van der Waals surface area contributed by atoms with Gasteiger partial charge >= 0.3 is 0 Å². The molecule has 0 atom stereocenters. The van der Waals surface area contributed by atoms with E-state index < -0.39 is 26.0 Å². The van der Waals surface area contributed by atoms with E-state index in [0.29, 0.717) is 30.8 Å². The Kier molecular flexibility index (Phi) is 7.65. The molecule has 1 fully saturated rings. The zero-order valence-electron chi connectivity index (χ0n) is 18.3. The molecule has 1 saturated carbocycles. The van der Waals surface area contributed by atoms with Crippen LogP contribution in [0.5, 0.6) is 5.75 Å². The molecule has 7 nitrogen and oxygen atoms in total. The van der Waals surface area contributed by atoms with Crippen LogP contribution < -0.4 is 14.6 Å². The lowest BCUT2D eigenvalue weighted by atomic mass is 9.87. The number of primary sulfonamides is 1. The molecule has 0 aromatic heterocycles. The normalized spacial score (nSPS) is 17.0. The number of anilines is 1. The Morgan fingerprint density at radius 2 is 1.76 bits per heavy atom. The quantitative estimate of drug-likeness (QED) is 0.541. The second kappa shape index (κ2) is 9.94. The molecule has 11 heteroatoms. The van der Waals surface area contributed by atoms with Gasteiger partial charge in [-0.05, 0) is 61.4 Å². The number of hydrogen-bond acceptors (Lipinski definition) is 5. The smallest absolute Gasteiger partial charge is 0.248 e. The topological polar surface area (TPSA) is 116 Å². The van der Waals surface area contributed by atoms with E-state index in [1.54, 1.807) is 12.1 Å². The molecule has 0 amide bonds. The second-order valence-electron chi connectivity index (χ2n) is 8.43. The number of para-hydroxylation sites is 1. The number of sulfonamides is 2. The Balaban J connectivity index is 1.66. The summed E-state index contributed by atoms with van der Waals surface area (Å²) in [6, 6.07) is 10.9. The maximum atomic E-state index is 13.4. The lowest BCUT2D eigenvalue weighted by Gasteiger charge is -2.28. The van der Waals surface area contributed by atoms with Crippen LogP contribution >= 0.6 is 0 Å². The van der Waals surface area contributed by atoms with Crippen molar-refractivity contribution in [2.45, 2.75) is 49.8 Å². The fourth-order valence-electron chi connectivity index (χ4n) is 3.74. The first-order valence-corrected chi connectivity index (χ1v) is 13.8. The average Bonchev–Trinajstić information content (AvgIpc) is 2.71. The highest BCUT2D eigenvalue weighted by atomic mass is 32.2. The van der Waals surface area contributed by atoms with Crippen LogP contribution in [0, 0.1) is 12.8 Å². The van der Waals surface area contributed by atoms with Crippen molar-refractivity contribution >= 4 is 25.7 Å². The maximum Gasteiger partial charge on any atom is 0.248 e.